The molecule has 0 radical (unpaired) electrons. The molecular formula is C33H39N9O5. The maximum absolute atomic E-state index is 14.1. The predicted octanol–water partition coefficient (Wildman–Crippen LogP) is 3.38. The van der Waals surface area contributed by atoms with Crippen LogP contribution in [0.3, 0.4) is 0 Å². The Bertz CT molecular complexity index is 1720. The first-order valence-electron chi connectivity index (χ1n) is 15.5. The van der Waals surface area contributed by atoms with Gasteiger partial charge in [-0.3, -0.25) is 9.59 Å². The van der Waals surface area contributed by atoms with Gasteiger partial charge in [-0.2, -0.15) is 5.21 Å². The first kappa shape index (κ1) is 33.1. The Kier molecular flexibility index (Phi) is 10.2. The van der Waals surface area contributed by atoms with Crippen LogP contribution in [0.5, 0.6) is 0 Å². The quantitative estimate of drug-likeness (QED) is 0.210. The van der Waals surface area contributed by atoms with Crippen LogP contribution in [-0.4, -0.2) is 66.7 Å². The second-order valence-electron chi connectivity index (χ2n) is 12.7. The summed E-state index contributed by atoms with van der Waals surface area (Å²) in [5.41, 5.74) is 8.84. The molecule has 1 atom stereocenters. The zero-order chi connectivity index (χ0) is 33.6. The molecule has 2 aromatic carbocycles. The number of carbonyl (C=O) groups excluding carboxylic acids is 3. The van der Waals surface area contributed by atoms with E-state index in [1.165, 1.54) is 11.1 Å². The van der Waals surface area contributed by atoms with E-state index < -0.39 is 35.3 Å². The smallest absolute Gasteiger partial charge is 0.407 e. The number of anilines is 1. The fraction of sp³-hybridized carbons (Fsp3) is 0.394. The Morgan fingerprint density at radius 2 is 1.79 bits per heavy atom. The molecule has 1 aliphatic carbocycles. The van der Waals surface area contributed by atoms with Crippen LogP contribution in [0, 0.1) is 11.8 Å². The zero-order valence-corrected chi connectivity index (χ0v) is 26.6. The fourth-order valence-corrected chi connectivity index (χ4v) is 5.63. The summed E-state index contributed by atoms with van der Waals surface area (Å²) in [6.07, 6.45) is 5.31. The zero-order valence-electron chi connectivity index (χ0n) is 26.6. The maximum Gasteiger partial charge on any atom is 0.407 e. The number of hydrogen-bond donors (Lipinski definition) is 4. The van der Waals surface area contributed by atoms with E-state index in [0.29, 0.717) is 54.9 Å². The highest BCUT2D eigenvalue weighted by atomic mass is 16.6. The number of nitrogens with one attached hydrogen (secondary N) is 3. The van der Waals surface area contributed by atoms with Crippen molar-refractivity contribution in [1.82, 2.24) is 35.9 Å². The van der Waals surface area contributed by atoms with Gasteiger partial charge in [0.25, 0.3) is 5.91 Å². The Balaban J connectivity index is 1.31. The largest absolute Gasteiger partial charge is 0.444 e. The summed E-state index contributed by atoms with van der Waals surface area (Å²) in [5, 5.41) is 16.8. The number of aromatic nitrogens is 6. The number of carbonyl (C=O) groups is 3. The van der Waals surface area contributed by atoms with Crippen molar-refractivity contribution < 1.29 is 19.1 Å². The third-order valence-corrected chi connectivity index (χ3v) is 8.00. The third-order valence-electron chi connectivity index (χ3n) is 8.00. The van der Waals surface area contributed by atoms with E-state index in [4.69, 9.17) is 10.5 Å². The number of H-pyrrole nitrogens is 2. The standard InChI is InChI=1S/C33H39N9O5/c1-33(2,3)47-32(46)37-17-20-7-9-23(10-8-20)29(43)42(26-13-11-22(12-14-26)28-38-40-41-39-28)30(44)27(34)16-21-5-4-6-24(15-21)25-18-35-31(45)36-19-25/h4-6,11-15,18-20,23,27H,7-10,16-17,34H2,1-3H3,(H,37,46)(H,35,36,45)(H,38,39,40,41)/t20?,23?,27-/m0/s1. The van der Waals surface area contributed by atoms with Gasteiger partial charge in [0.1, 0.15) is 5.60 Å². The molecule has 14 nitrogen and oxygen atoms in total. The summed E-state index contributed by atoms with van der Waals surface area (Å²) < 4.78 is 5.34. The van der Waals surface area contributed by atoms with Crippen molar-refractivity contribution >= 4 is 23.6 Å². The molecule has 47 heavy (non-hydrogen) atoms. The molecule has 5 rings (SSSR count). The molecule has 5 N–H and O–H groups in total. The van der Waals surface area contributed by atoms with Crippen LogP contribution >= 0.6 is 0 Å². The van der Waals surface area contributed by atoms with Crippen molar-refractivity contribution in [2.24, 2.45) is 17.6 Å². The lowest BCUT2D eigenvalue weighted by molar-refractivity contribution is -0.130. The van der Waals surface area contributed by atoms with Crippen molar-refractivity contribution in [3.8, 4) is 22.5 Å². The van der Waals surface area contributed by atoms with Crippen molar-refractivity contribution in [3.05, 3.63) is 77.0 Å². The van der Waals surface area contributed by atoms with Crippen LogP contribution in [0.15, 0.2) is 65.7 Å². The lowest BCUT2D eigenvalue weighted by atomic mass is 9.81. The number of amides is 3. The molecule has 0 aliphatic heterocycles. The number of hydrogen-bond acceptors (Lipinski definition) is 10. The van der Waals surface area contributed by atoms with E-state index >= 15 is 0 Å². The normalized spacial score (nSPS) is 17.0. The highest BCUT2D eigenvalue weighted by Gasteiger charge is 2.35. The topological polar surface area (TPSA) is 202 Å². The average Bonchev–Trinajstić information content (AvgIpc) is 3.59. The van der Waals surface area contributed by atoms with E-state index in [0.717, 1.165) is 11.1 Å². The van der Waals surface area contributed by atoms with Crippen LogP contribution in [0.4, 0.5) is 10.5 Å². The second kappa shape index (κ2) is 14.5. The lowest BCUT2D eigenvalue weighted by Gasteiger charge is -2.32. The summed E-state index contributed by atoms with van der Waals surface area (Å²) in [5.74, 6) is -0.654. The van der Waals surface area contributed by atoms with E-state index in [1.54, 1.807) is 30.5 Å². The van der Waals surface area contributed by atoms with Gasteiger partial charge in [-0.25, -0.2) is 19.5 Å². The number of benzene rings is 2. The second-order valence-corrected chi connectivity index (χ2v) is 12.7. The fourth-order valence-electron chi connectivity index (χ4n) is 5.63. The van der Waals surface area contributed by atoms with Crippen LogP contribution < -0.4 is 21.6 Å². The highest BCUT2D eigenvalue weighted by Crippen LogP contribution is 2.32. The summed E-state index contributed by atoms with van der Waals surface area (Å²) in [7, 11) is 0. The van der Waals surface area contributed by atoms with Crippen molar-refractivity contribution in [1.29, 1.82) is 0 Å². The first-order valence-corrected chi connectivity index (χ1v) is 15.5. The molecule has 0 unspecified atom stereocenters. The summed E-state index contributed by atoms with van der Waals surface area (Å²) in [4.78, 5) is 59.2. The number of nitrogens with zero attached hydrogens (tertiary/aromatic N) is 5. The van der Waals surface area contributed by atoms with E-state index in [1.807, 2.05) is 45.0 Å². The molecule has 1 fully saturated rings. The van der Waals surface area contributed by atoms with Gasteiger partial charge in [0.15, 0.2) is 0 Å². The summed E-state index contributed by atoms with van der Waals surface area (Å²) >= 11 is 0. The maximum atomic E-state index is 14.1. The van der Waals surface area contributed by atoms with Gasteiger partial charge in [-0.1, -0.05) is 24.3 Å². The molecule has 1 saturated carbocycles. The van der Waals surface area contributed by atoms with Crippen molar-refractivity contribution in [3.63, 3.8) is 0 Å². The SMILES string of the molecule is CC(C)(C)OC(=O)NCC1CCC(C(=O)N(C(=O)[C@@H](N)Cc2cccc(-c3cnc(=O)[nH]c3)c2)c2ccc(-c3nn[nH]n3)cc2)CC1. The van der Waals surface area contributed by atoms with E-state index in [2.05, 4.69) is 35.9 Å². The van der Waals surface area contributed by atoms with Crippen molar-refractivity contribution in [2.45, 2.75) is 64.5 Å². The molecule has 3 amide bonds. The number of ether oxygens (including phenoxy) is 1. The minimum Gasteiger partial charge on any atom is -0.444 e. The minimum absolute atomic E-state index is 0.178. The van der Waals surface area contributed by atoms with Gasteiger partial charge in [-0.15, -0.1) is 10.2 Å². The molecule has 246 valence electrons. The van der Waals surface area contributed by atoms with Crippen LogP contribution in [-0.2, 0) is 20.7 Å². The summed E-state index contributed by atoms with van der Waals surface area (Å²) in [6.45, 7) is 5.88. The predicted molar refractivity (Wildman–Crippen MR) is 174 cm³/mol. The molecule has 2 aromatic heterocycles. The molecular weight excluding hydrogens is 602 g/mol. The third kappa shape index (κ3) is 8.73. The Morgan fingerprint density at radius 3 is 2.43 bits per heavy atom. The first-order chi connectivity index (χ1) is 22.5. The Hall–Kier alpha value is -5.24. The molecule has 0 saturated heterocycles. The van der Waals surface area contributed by atoms with Gasteiger partial charge >= 0.3 is 11.8 Å². The number of tetrazole rings is 1. The lowest BCUT2D eigenvalue weighted by Crippen LogP contribution is -2.50. The molecule has 0 spiro atoms. The molecule has 1 aliphatic rings. The average molecular weight is 642 g/mol. The van der Waals surface area contributed by atoms with Gasteiger partial charge in [-0.05, 0) is 99.4 Å². The molecule has 0 bridgehead atoms. The highest BCUT2D eigenvalue weighted by molar-refractivity contribution is 6.17. The summed E-state index contributed by atoms with van der Waals surface area (Å²) in [6, 6.07) is 13.2. The molecule has 4 aromatic rings. The van der Waals surface area contributed by atoms with E-state index in [-0.39, 0.29) is 18.2 Å². The number of imide groups is 1. The number of alkyl carbamates (subject to hydrolysis) is 1. The number of rotatable bonds is 9. The van der Waals surface area contributed by atoms with E-state index in [9.17, 15) is 19.2 Å². The van der Waals surface area contributed by atoms with Crippen LogP contribution in [0.1, 0.15) is 52.0 Å². The van der Waals surface area contributed by atoms with Gasteiger partial charge in [0.2, 0.25) is 11.7 Å². The van der Waals surface area contributed by atoms with Gasteiger partial charge in [0.05, 0.1) is 11.7 Å². The Morgan fingerprint density at radius 1 is 1.04 bits per heavy atom. The van der Waals surface area contributed by atoms with Crippen molar-refractivity contribution in [2.75, 3.05) is 11.4 Å². The Labute approximate surface area is 271 Å². The van der Waals surface area contributed by atoms with Gasteiger partial charge < -0.3 is 20.8 Å². The monoisotopic (exact) mass is 641 g/mol. The molecule has 14 heteroatoms. The van der Waals surface area contributed by atoms with Gasteiger partial charge in [0, 0.05) is 36.0 Å². The van der Waals surface area contributed by atoms with Crippen LogP contribution in [0.2, 0.25) is 0 Å². The molecule has 2 heterocycles. The number of nitrogens with two attached hydrogens (primary N) is 1. The minimum atomic E-state index is -1.02. The van der Waals surface area contributed by atoms with Crippen LogP contribution in [0.25, 0.3) is 22.5 Å². The number of aromatic amines is 2.